The van der Waals surface area contributed by atoms with Gasteiger partial charge in [0.05, 0.1) is 12.1 Å². The fourth-order valence-electron chi connectivity index (χ4n) is 12.0. The molecule has 0 aromatic heterocycles. The Bertz CT molecular complexity index is 2370. The van der Waals surface area contributed by atoms with Gasteiger partial charge in [0.1, 0.15) is 12.1 Å². The molecular formula is C62H82N8O6. The van der Waals surface area contributed by atoms with E-state index in [1.807, 2.05) is 105 Å². The van der Waals surface area contributed by atoms with Gasteiger partial charge in [-0.3, -0.25) is 28.8 Å². The minimum absolute atomic E-state index is 0.0446. The van der Waals surface area contributed by atoms with Crippen LogP contribution in [0.15, 0.2) is 109 Å². The molecule has 2 saturated carbocycles. The number of rotatable bonds is 23. The van der Waals surface area contributed by atoms with E-state index in [2.05, 4.69) is 45.5 Å². The van der Waals surface area contributed by atoms with E-state index in [0.29, 0.717) is 63.2 Å². The van der Waals surface area contributed by atoms with Crippen molar-refractivity contribution in [3.63, 3.8) is 0 Å². The second-order valence-electron chi connectivity index (χ2n) is 21.9. The zero-order chi connectivity index (χ0) is 53.6. The Kier molecular flexibility index (Phi) is 19.9. The molecule has 406 valence electrons. The van der Waals surface area contributed by atoms with Gasteiger partial charge in [0, 0.05) is 62.5 Å². The second-order valence-corrected chi connectivity index (χ2v) is 21.9. The van der Waals surface area contributed by atoms with Gasteiger partial charge in [-0.2, -0.15) is 0 Å². The molecule has 0 radical (unpaired) electrons. The van der Waals surface area contributed by atoms with Gasteiger partial charge >= 0.3 is 0 Å². The molecule has 76 heavy (non-hydrogen) atoms. The first-order valence-electron chi connectivity index (χ1n) is 28.4. The summed E-state index contributed by atoms with van der Waals surface area (Å²) >= 11 is 0. The van der Waals surface area contributed by atoms with Crippen molar-refractivity contribution >= 4 is 35.4 Å². The lowest BCUT2D eigenvalue weighted by molar-refractivity contribution is -0.139. The van der Waals surface area contributed by atoms with Crippen LogP contribution in [-0.4, -0.2) is 145 Å². The van der Waals surface area contributed by atoms with Crippen molar-refractivity contribution < 1.29 is 28.8 Å². The minimum atomic E-state index is -0.590. The predicted octanol–water partition coefficient (Wildman–Crippen LogP) is 7.27. The molecule has 14 nitrogen and oxygen atoms in total. The molecule has 4 aromatic rings. The van der Waals surface area contributed by atoms with Crippen LogP contribution in [0, 0.1) is 11.8 Å². The number of nitrogens with one attached hydrogen (secondary N) is 4. The summed E-state index contributed by atoms with van der Waals surface area (Å²) in [4.78, 5) is 92.2. The van der Waals surface area contributed by atoms with Crippen LogP contribution in [0.25, 0.3) is 11.1 Å². The highest BCUT2D eigenvalue weighted by molar-refractivity contribution is 5.96. The normalized spacial score (nSPS) is 19.5. The standard InChI is InChI=1S/C62H82N8O6/c1-43(63-3)57(71)65-55(49-21-11-12-22-49)61(75)69-37-15-25-53(69)41-67(39-35-45-17-7-5-8-18-45)59(73)51-31-27-47(28-32-51)48-29-33-52(34-30-48)60(74)68(40-36-46-19-9-6-10-20-46)42-54-26-16-38-70(54)62(76)56(50-23-13-14-24-50)66-58(72)44(2)64-4/h5-10,17-20,27-34,43-44,49-50,53-56,63-64H,11-16,21-26,35-42H2,1-4H3,(H,65,71)(H,66,72)/t43-,44-,53-,54+,55-,56-/m0/s1. The number of nitrogens with zero attached hydrogens (tertiary/aromatic N) is 4. The SMILES string of the molecule is CN[C@@H](C)C(=O)N[C@H](C(=O)N1CCC[C@@H]1CN(CCc1ccccc1)C(=O)c1ccc(-c2ccc(C(=O)N(CCc3ccccc3)C[C@@H]3CCCN3C(=O)[C@@H](NC(=O)[C@H](C)NC)C3CCCC3)cc2)cc1)C1CCCC1. The highest BCUT2D eigenvalue weighted by Crippen LogP contribution is 2.33. The Balaban J connectivity index is 0.965. The molecule has 0 bridgehead atoms. The number of carbonyl (C=O) groups excluding carboxylic acids is 6. The van der Waals surface area contributed by atoms with E-state index in [1.165, 1.54) is 0 Å². The summed E-state index contributed by atoms with van der Waals surface area (Å²) in [5.41, 5.74) is 5.16. The number of likely N-dealkylation sites (tertiary alicyclic amines) is 2. The Hall–Kier alpha value is -6.38. The maximum absolute atomic E-state index is 14.6. The molecule has 6 amide bonds. The van der Waals surface area contributed by atoms with Crippen LogP contribution in [0.1, 0.15) is 123 Å². The Morgan fingerprint density at radius 2 is 0.842 bits per heavy atom. The third-order valence-corrected chi connectivity index (χ3v) is 16.9. The lowest BCUT2D eigenvalue weighted by Crippen LogP contribution is -2.57. The summed E-state index contributed by atoms with van der Waals surface area (Å²) in [6, 6.07) is 33.1. The van der Waals surface area contributed by atoms with Crippen LogP contribution in [-0.2, 0) is 32.0 Å². The minimum Gasteiger partial charge on any atom is -0.343 e. The fourth-order valence-corrected chi connectivity index (χ4v) is 12.0. The quantitative estimate of drug-likeness (QED) is 0.0603. The summed E-state index contributed by atoms with van der Waals surface area (Å²) in [6.45, 7) is 6.53. The van der Waals surface area contributed by atoms with Gasteiger partial charge in [0.25, 0.3) is 11.8 Å². The van der Waals surface area contributed by atoms with Gasteiger partial charge in [-0.25, -0.2) is 0 Å². The Morgan fingerprint density at radius 1 is 0.487 bits per heavy atom. The maximum Gasteiger partial charge on any atom is 0.253 e. The van der Waals surface area contributed by atoms with Gasteiger partial charge < -0.3 is 40.9 Å². The summed E-state index contributed by atoms with van der Waals surface area (Å²) < 4.78 is 0. The van der Waals surface area contributed by atoms with E-state index >= 15 is 0 Å². The molecule has 2 aliphatic heterocycles. The van der Waals surface area contributed by atoms with Gasteiger partial charge in [-0.15, -0.1) is 0 Å². The molecule has 4 N–H and O–H groups in total. The van der Waals surface area contributed by atoms with Crippen LogP contribution in [0.4, 0.5) is 0 Å². The average Bonchev–Trinajstić information content (AvgIpc) is 4.34. The third kappa shape index (κ3) is 14.2. The van der Waals surface area contributed by atoms with E-state index < -0.39 is 24.2 Å². The number of hydrogen-bond acceptors (Lipinski definition) is 8. The summed E-state index contributed by atoms with van der Waals surface area (Å²) in [7, 11) is 3.49. The van der Waals surface area contributed by atoms with E-state index in [1.54, 1.807) is 27.9 Å². The molecule has 2 saturated heterocycles. The third-order valence-electron chi connectivity index (χ3n) is 16.9. The second kappa shape index (κ2) is 27.1. The van der Waals surface area contributed by atoms with Crippen molar-refractivity contribution in [3.05, 3.63) is 131 Å². The first kappa shape index (κ1) is 55.8. The largest absolute Gasteiger partial charge is 0.343 e. The van der Waals surface area contributed by atoms with E-state index in [0.717, 1.165) is 99.3 Å². The van der Waals surface area contributed by atoms with Crippen molar-refractivity contribution in [1.82, 2.24) is 40.9 Å². The van der Waals surface area contributed by atoms with Crippen molar-refractivity contribution in [2.45, 2.75) is 140 Å². The fraction of sp³-hybridized carbons (Fsp3) is 0.516. The average molecular weight is 1040 g/mol. The zero-order valence-electron chi connectivity index (χ0n) is 45.4. The van der Waals surface area contributed by atoms with Crippen LogP contribution in [0.3, 0.4) is 0 Å². The number of likely N-dealkylation sites (N-methyl/N-ethyl adjacent to an activating group) is 2. The Morgan fingerprint density at radius 3 is 1.18 bits per heavy atom. The monoisotopic (exact) mass is 1030 g/mol. The molecule has 4 aliphatic rings. The summed E-state index contributed by atoms with van der Waals surface area (Å²) in [5.74, 6) is -0.474. The summed E-state index contributed by atoms with van der Waals surface area (Å²) in [5, 5.41) is 12.2. The number of hydrogen-bond donors (Lipinski definition) is 4. The van der Waals surface area contributed by atoms with Crippen molar-refractivity contribution in [2.75, 3.05) is 53.4 Å². The van der Waals surface area contributed by atoms with Crippen LogP contribution < -0.4 is 21.3 Å². The lowest BCUT2D eigenvalue weighted by Gasteiger charge is -2.35. The van der Waals surface area contributed by atoms with Gasteiger partial charge in [0.2, 0.25) is 23.6 Å². The van der Waals surface area contributed by atoms with Gasteiger partial charge in [0.15, 0.2) is 0 Å². The van der Waals surface area contributed by atoms with E-state index in [9.17, 15) is 28.8 Å². The van der Waals surface area contributed by atoms with Crippen LogP contribution in [0.2, 0.25) is 0 Å². The highest BCUT2D eigenvalue weighted by atomic mass is 16.2. The first-order valence-corrected chi connectivity index (χ1v) is 28.4. The first-order chi connectivity index (χ1) is 36.9. The molecule has 14 heteroatoms. The van der Waals surface area contributed by atoms with Gasteiger partial charge in [-0.1, -0.05) is 111 Å². The van der Waals surface area contributed by atoms with E-state index in [-0.39, 0.29) is 59.4 Å². The Labute approximate surface area is 451 Å². The number of carbonyl (C=O) groups is 6. The molecule has 2 heterocycles. The van der Waals surface area contributed by atoms with E-state index in [4.69, 9.17) is 0 Å². The molecule has 0 spiro atoms. The number of amides is 6. The smallest absolute Gasteiger partial charge is 0.253 e. The molecule has 0 unspecified atom stereocenters. The van der Waals surface area contributed by atoms with Crippen molar-refractivity contribution in [2.24, 2.45) is 11.8 Å². The molecule has 4 fully saturated rings. The van der Waals surface area contributed by atoms with Crippen molar-refractivity contribution in [3.8, 4) is 11.1 Å². The maximum atomic E-state index is 14.6. The lowest BCUT2D eigenvalue weighted by atomic mass is 9.96. The predicted molar refractivity (Wildman–Crippen MR) is 298 cm³/mol. The molecule has 6 atom stereocenters. The molecule has 4 aromatic carbocycles. The molecular weight excluding hydrogens is 953 g/mol. The molecule has 8 rings (SSSR count). The topological polar surface area (TPSA) is 163 Å². The number of benzene rings is 4. The zero-order valence-corrected chi connectivity index (χ0v) is 45.4. The van der Waals surface area contributed by atoms with Crippen molar-refractivity contribution in [1.29, 1.82) is 0 Å². The van der Waals surface area contributed by atoms with Gasteiger partial charge in [-0.05, 0) is 151 Å². The van der Waals surface area contributed by atoms with Crippen LogP contribution in [0.5, 0.6) is 0 Å². The molecule has 2 aliphatic carbocycles. The summed E-state index contributed by atoms with van der Waals surface area (Å²) in [6.07, 6.45) is 12.3. The van der Waals surface area contributed by atoms with Crippen LogP contribution >= 0.6 is 0 Å². The highest BCUT2D eigenvalue weighted by Gasteiger charge is 2.42.